The van der Waals surface area contributed by atoms with E-state index in [-0.39, 0.29) is 6.03 Å². The fraction of sp³-hybridized carbons (Fsp3) is 0.133. The summed E-state index contributed by atoms with van der Waals surface area (Å²) < 4.78 is 0. The molecule has 3 nitrogen and oxygen atoms in total. The summed E-state index contributed by atoms with van der Waals surface area (Å²) in [7, 11) is 3.44. The third-order valence-electron chi connectivity index (χ3n) is 3.00. The smallest absolute Gasteiger partial charge is 0.297 e. The second-order valence-electron chi connectivity index (χ2n) is 4.35. The van der Waals surface area contributed by atoms with Gasteiger partial charge in [-0.05, 0) is 48.5 Å². The van der Waals surface area contributed by atoms with E-state index in [0.717, 1.165) is 11.4 Å². The molecule has 20 heavy (non-hydrogen) atoms. The second-order valence-corrected chi connectivity index (χ2v) is 5.23. The minimum atomic E-state index is -0.144. The van der Waals surface area contributed by atoms with Crippen LogP contribution in [0.5, 0.6) is 0 Å². The normalized spacial score (nSPS) is 10.2. The second kappa shape index (κ2) is 6.16. The number of halogens is 2. The fourth-order valence-electron chi connectivity index (χ4n) is 1.78. The van der Waals surface area contributed by atoms with Gasteiger partial charge in [0.05, 0.1) is 0 Å². The Morgan fingerprint density at radius 2 is 1.05 bits per heavy atom. The van der Waals surface area contributed by atoms with E-state index < -0.39 is 0 Å². The highest BCUT2D eigenvalue weighted by Crippen LogP contribution is 2.21. The van der Waals surface area contributed by atoms with Crippen molar-refractivity contribution in [2.24, 2.45) is 0 Å². The molecule has 2 aromatic carbocycles. The number of hydrogen-bond acceptors (Lipinski definition) is 1. The van der Waals surface area contributed by atoms with E-state index in [2.05, 4.69) is 0 Å². The molecular weight excluding hydrogens is 295 g/mol. The molecule has 0 spiro atoms. The van der Waals surface area contributed by atoms with E-state index in [9.17, 15) is 4.79 Å². The predicted molar refractivity (Wildman–Crippen MR) is 85.1 cm³/mol. The number of amides is 2. The Hall–Kier alpha value is -1.71. The van der Waals surface area contributed by atoms with Crippen molar-refractivity contribution in [2.75, 3.05) is 23.9 Å². The number of anilines is 2. The van der Waals surface area contributed by atoms with Crippen molar-refractivity contribution in [3.63, 3.8) is 0 Å². The summed E-state index contributed by atoms with van der Waals surface area (Å²) in [5.41, 5.74) is 1.56. The molecule has 104 valence electrons. The quantitative estimate of drug-likeness (QED) is 0.789. The highest BCUT2D eigenvalue weighted by Gasteiger charge is 2.17. The largest absolute Gasteiger partial charge is 0.328 e. The Balaban J connectivity index is 2.17. The topological polar surface area (TPSA) is 23.6 Å². The Labute approximate surface area is 128 Å². The first kappa shape index (κ1) is 14.7. The number of rotatable bonds is 2. The minimum absolute atomic E-state index is 0.144. The lowest BCUT2D eigenvalue weighted by atomic mass is 10.3. The zero-order valence-corrected chi connectivity index (χ0v) is 12.7. The zero-order chi connectivity index (χ0) is 14.7. The highest BCUT2D eigenvalue weighted by molar-refractivity contribution is 6.31. The van der Waals surface area contributed by atoms with E-state index in [4.69, 9.17) is 23.2 Å². The van der Waals surface area contributed by atoms with Gasteiger partial charge in [-0.2, -0.15) is 0 Å². The molecule has 2 aromatic rings. The molecule has 0 aliphatic carbocycles. The molecule has 0 atom stereocenters. The van der Waals surface area contributed by atoms with Gasteiger partial charge in [0.25, 0.3) is 0 Å². The lowest BCUT2D eigenvalue weighted by Crippen LogP contribution is -2.38. The molecule has 2 amide bonds. The van der Waals surface area contributed by atoms with Crippen LogP contribution < -0.4 is 9.80 Å². The number of benzene rings is 2. The van der Waals surface area contributed by atoms with Gasteiger partial charge in [0.1, 0.15) is 0 Å². The molecule has 0 aromatic heterocycles. The van der Waals surface area contributed by atoms with Gasteiger partial charge in [0.2, 0.25) is 0 Å². The van der Waals surface area contributed by atoms with Crippen LogP contribution in [0.25, 0.3) is 0 Å². The van der Waals surface area contributed by atoms with Crippen LogP contribution in [0.2, 0.25) is 10.0 Å². The molecular formula is C15H14Cl2N2O. The Bertz CT molecular complexity index is 543. The van der Waals surface area contributed by atoms with E-state index >= 15 is 0 Å². The van der Waals surface area contributed by atoms with Crippen molar-refractivity contribution in [3.8, 4) is 0 Å². The van der Waals surface area contributed by atoms with Crippen LogP contribution in [0, 0.1) is 0 Å². The maximum Gasteiger partial charge on any atom is 0.328 e. The standard InChI is InChI=1S/C15H14Cl2N2O/c1-18(13-7-3-11(16)4-8-13)15(20)19(2)14-9-5-12(17)6-10-14/h3-10H,1-2H3. The van der Waals surface area contributed by atoms with Crippen molar-refractivity contribution in [1.82, 2.24) is 0 Å². The zero-order valence-electron chi connectivity index (χ0n) is 11.2. The summed E-state index contributed by atoms with van der Waals surface area (Å²) in [5, 5.41) is 1.28. The Morgan fingerprint density at radius 1 is 0.750 bits per heavy atom. The molecule has 0 saturated carbocycles. The summed E-state index contributed by atoms with van der Waals surface area (Å²) in [4.78, 5) is 15.5. The number of carbonyl (C=O) groups excluding carboxylic acids is 1. The van der Waals surface area contributed by atoms with Crippen LogP contribution in [0.3, 0.4) is 0 Å². The van der Waals surface area contributed by atoms with Crippen LogP contribution in [-0.2, 0) is 0 Å². The van der Waals surface area contributed by atoms with Gasteiger partial charge in [-0.25, -0.2) is 4.79 Å². The van der Waals surface area contributed by atoms with Crippen LogP contribution in [0.15, 0.2) is 48.5 Å². The third-order valence-corrected chi connectivity index (χ3v) is 3.51. The van der Waals surface area contributed by atoms with Crippen LogP contribution >= 0.6 is 23.2 Å². The molecule has 0 saturated heterocycles. The molecule has 0 N–H and O–H groups in total. The molecule has 2 rings (SSSR count). The number of urea groups is 1. The molecule has 5 heteroatoms. The SMILES string of the molecule is CN(C(=O)N(C)c1ccc(Cl)cc1)c1ccc(Cl)cc1. The third kappa shape index (κ3) is 3.24. The number of hydrogen-bond donors (Lipinski definition) is 0. The Kier molecular flexibility index (Phi) is 4.53. The van der Waals surface area contributed by atoms with Crippen LogP contribution in [-0.4, -0.2) is 20.1 Å². The summed E-state index contributed by atoms with van der Waals surface area (Å²) >= 11 is 11.7. The maximum absolute atomic E-state index is 12.4. The van der Waals surface area contributed by atoms with Crippen LogP contribution in [0.1, 0.15) is 0 Å². The minimum Gasteiger partial charge on any atom is -0.297 e. The summed E-state index contributed by atoms with van der Waals surface area (Å²) in [6.07, 6.45) is 0. The molecule has 0 fully saturated rings. The van der Waals surface area contributed by atoms with Gasteiger partial charge in [0, 0.05) is 35.5 Å². The van der Waals surface area contributed by atoms with Crippen molar-refractivity contribution in [1.29, 1.82) is 0 Å². The Morgan fingerprint density at radius 3 is 1.35 bits per heavy atom. The van der Waals surface area contributed by atoms with Crippen molar-refractivity contribution in [3.05, 3.63) is 58.6 Å². The van der Waals surface area contributed by atoms with Crippen molar-refractivity contribution < 1.29 is 4.79 Å². The van der Waals surface area contributed by atoms with Gasteiger partial charge >= 0.3 is 6.03 Å². The number of nitrogens with zero attached hydrogens (tertiary/aromatic N) is 2. The maximum atomic E-state index is 12.4. The molecule has 0 unspecified atom stereocenters. The van der Waals surface area contributed by atoms with Crippen LogP contribution in [0.4, 0.5) is 16.2 Å². The first-order valence-corrected chi connectivity index (χ1v) is 6.77. The van der Waals surface area contributed by atoms with Crippen molar-refractivity contribution >= 4 is 40.6 Å². The molecule has 0 aliphatic rings. The lowest BCUT2D eigenvalue weighted by molar-refractivity contribution is 0.253. The summed E-state index contributed by atoms with van der Waals surface area (Å²) in [6.45, 7) is 0. The van der Waals surface area contributed by atoms with Gasteiger partial charge < -0.3 is 0 Å². The van der Waals surface area contributed by atoms with E-state index in [0.29, 0.717) is 10.0 Å². The first-order valence-electron chi connectivity index (χ1n) is 6.01. The average Bonchev–Trinajstić information content (AvgIpc) is 2.46. The molecule has 0 aliphatic heterocycles. The highest BCUT2D eigenvalue weighted by atomic mass is 35.5. The average molecular weight is 309 g/mol. The van der Waals surface area contributed by atoms with Crippen molar-refractivity contribution in [2.45, 2.75) is 0 Å². The summed E-state index contributed by atoms with van der Waals surface area (Å²) in [6, 6.07) is 14.1. The summed E-state index contributed by atoms with van der Waals surface area (Å²) in [5.74, 6) is 0. The lowest BCUT2D eigenvalue weighted by Gasteiger charge is -2.25. The van der Waals surface area contributed by atoms with Gasteiger partial charge in [0.15, 0.2) is 0 Å². The molecule has 0 heterocycles. The van der Waals surface area contributed by atoms with E-state index in [1.165, 1.54) is 0 Å². The number of carbonyl (C=O) groups is 1. The predicted octanol–water partition coefficient (Wildman–Crippen LogP) is 4.69. The van der Waals surface area contributed by atoms with Gasteiger partial charge in [-0.15, -0.1) is 0 Å². The van der Waals surface area contributed by atoms with E-state index in [1.54, 1.807) is 72.4 Å². The first-order chi connectivity index (χ1) is 9.49. The van der Waals surface area contributed by atoms with E-state index in [1.807, 2.05) is 0 Å². The van der Waals surface area contributed by atoms with Gasteiger partial charge in [-0.1, -0.05) is 23.2 Å². The monoisotopic (exact) mass is 308 g/mol. The molecule has 0 bridgehead atoms. The van der Waals surface area contributed by atoms with Gasteiger partial charge in [-0.3, -0.25) is 9.80 Å². The molecule has 0 radical (unpaired) electrons. The fourth-order valence-corrected chi connectivity index (χ4v) is 2.03.